The largest absolute Gasteiger partial charge is 0.490 e. The summed E-state index contributed by atoms with van der Waals surface area (Å²) < 4.78 is 7.45. The summed E-state index contributed by atoms with van der Waals surface area (Å²) in [5, 5.41) is 19.4. The van der Waals surface area contributed by atoms with Crippen molar-refractivity contribution in [3.05, 3.63) is 72.1 Å². The molecule has 2 aromatic carbocycles. The quantitative estimate of drug-likeness (QED) is 0.639. The number of nitriles is 1. The molecule has 162 valence electrons. The zero-order valence-corrected chi connectivity index (χ0v) is 17.3. The number of benzene rings is 2. The molecule has 2 heterocycles. The second-order valence-corrected chi connectivity index (χ2v) is 7.40. The lowest BCUT2D eigenvalue weighted by Gasteiger charge is -2.32. The highest BCUT2D eigenvalue weighted by Gasteiger charge is 2.24. The summed E-state index contributed by atoms with van der Waals surface area (Å²) in [5.74, 6) is 0.0551. The van der Waals surface area contributed by atoms with E-state index in [1.54, 1.807) is 23.1 Å². The number of nitrogens with zero attached hydrogens (tertiary/aromatic N) is 5. The lowest BCUT2D eigenvalue weighted by Crippen LogP contribution is -2.46. The topological polar surface area (TPSA) is 113 Å². The summed E-state index contributed by atoms with van der Waals surface area (Å²) in [6, 6.07) is 18.5. The molecule has 2 amide bonds. The van der Waals surface area contributed by atoms with E-state index in [0.717, 1.165) is 5.69 Å². The Labute approximate surface area is 185 Å². The molecule has 1 aliphatic rings. The molecule has 1 aliphatic heterocycles. The van der Waals surface area contributed by atoms with Crippen LogP contribution in [0.25, 0.3) is 5.69 Å². The second kappa shape index (κ2) is 9.75. The average molecular weight is 430 g/mol. The molecule has 1 saturated heterocycles. The zero-order valence-electron chi connectivity index (χ0n) is 17.3. The van der Waals surface area contributed by atoms with E-state index in [4.69, 9.17) is 10.00 Å². The van der Waals surface area contributed by atoms with Crippen LogP contribution in [-0.2, 0) is 4.79 Å². The van der Waals surface area contributed by atoms with Crippen molar-refractivity contribution in [2.24, 2.45) is 0 Å². The minimum atomic E-state index is -0.448. The van der Waals surface area contributed by atoms with E-state index in [0.29, 0.717) is 37.2 Å². The number of para-hydroxylation sites is 1. The molecular weight excluding hydrogens is 408 g/mol. The van der Waals surface area contributed by atoms with Gasteiger partial charge in [0.05, 0.1) is 30.1 Å². The highest BCUT2D eigenvalue weighted by Crippen LogP contribution is 2.20. The Bertz CT molecular complexity index is 1130. The van der Waals surface area contributed by atoms with Gasteiger partial charge in [0.25, 0.3) is 5.91 Å². The molecule has 0 saturated carbocycles. The molecule has 0 atom stereocenters. The number of likely N-dealkylation sites (tertiary alicyclic amines) is 1. The van der Waals surface area contributed by atoms with Crippen molar-refractivity contribution in [3.63, 3.8) is 0 Å². The van der Waals surface area contributed by atoms with E-state index >= 15 is 0 Å². The third-order valence-electron chi connectivity index (χ3n) is 5.21. The number of ether oxygens (including phenoxy) is 1. The summed E-state index contributed by atoms with van der Waals surface area (Å²) in [5.41, 5.74) is 1.49. The van der Waals surface area contributed by atoms with Crippen LogP contribution in [0.1, 0.15) is 28.9 Å². The van der Waals surface area contributed by atoms with Crippen LogP contribution >= 0.6 is 0 Å². The van der Waals surface area contributed by atoms with Crippen LogP contribution in [0, 0.1) is 11.3 Å². The van der Waals surface area contributed by atoms with Gasteiger partial charge < -0.3 is 15.0 Å². The van der Waals surface area contributed by atoms with Crippen LogP contribution in [0.4, 0.5) is 0 Å². The van der Waals surface area contributed by atoms with E-state index < -0.39 is 5.91 Å². The van der Waals surface area contributed by atoms with Gasteiger partial charge in [0.15, 0.2) is 5.69 Å². The Kier molecular flexibility index (Phi) is 6.41. The van der Waals surface area contributed by atoms with Crippen molar-refractivity contribution in [2.75, 3.05) is 19.6 Å². The zero-order chi connectivity index (χ0) is 22.3. The molecule has 3 aromatic rings. The SMILES string of the molecule is N#Cc1cccc(OC2CCN(C(=O)CNC(=O)c3cn(-c4ccccc4)nn3)CC2)c1. The molecule has 0 bridgehead atoms. The van der Waals surface area contributed by atoms with Crippen LogP contribution in [0.3, 0.4) is 0 Å². The number of hydrogen-bond donors (Lipinski definition) is 1. The van der Waals surface area contributed by atoms with Crippen molar-refractivity contribution < 1.29 is 14.3 Å². The van der Waals surface area contributed by atoms with E-state index in [2.05, 4.69) is 21.7 Å². The molecule has 9 nitrogen and oxygen atoms in total. The van der Waals surface area contributed by atoms with Gasteiger partial charge in [-0.15, -0.1) is 5.10 Å². The third-order valence-corrected chi connectivity index (χ3v) is 5.21. The number of amides is 2. The molecule has 0 unspecified atom stereocenters. The molecule has 1 aromatic heterocycles. The molecule has 9 heteroatoms. The minimum absolute atomic E-state index is 0.0180. The summed E-state index contributed by atoms with van der Waals surface area (Å²) >= 11 is 0. The molecule has 1 fully saturated rings. The summed E-state index contributed by atoms with van der Waals surface area (Å²) in [6.45, 7) is 0.982. The van der Waals surface area contributed by atoms with Gasteiger partial charge in [0.1, 0.15) is 11.9 Å². The smallest absolute Gasteiger partial charge is 0.273 e. The van der Waals surface area contributed by atoms with Crippen molar-refractivity contribution >= 4 is 11.8 Å². The maximum absolute atomic E-state index is 12.5. The second-order valence-electron chi connectivity index (χ2n) is 7.40. The maximum atomic E-state index is 12.5. The lowest BCUT2D eigenvalue weighted by molar-refractivity contribution is -0.131. The highest BCUT2D eigenvalue weighted by atomic mass is 16.5. The van der Waals surface area contributed by atoms with E-state index in [1.165, 1.54) is 10.9 Å². The molecule has 0 aliphatic carbocycles. The van der Waals surface area contributed by atoms with Gasteiger partial charge in [-0.2, -0.15) is 5.26 Å². The molecule has 0 spiro atoms. The van der Waals surface area contributed by atoms with Gasteiger partial charge in [-0.25, -0.2) is 4.68 Å². The molecular formula is C23H22N6O3. The molecule has 4 rings (SSSR count). The Balaban J connectivity index is 1.23. The predicted molar refractivity (Wildman–Crippen MR) is 115 cm³/mol. The average Bonchev–Trinajstić information content (AvgIpc) is 3.34. The van der Waals surface area contributed by atoms with Crippen LogP contribution in [0.5, 0.6) is 5.75 Å². The number of carbonyl (C=O) groups excluding carboxylic acids is 2. The first-order valence-electron chi connectivity index (χ1n) is 10.3. The number of piperidine rings is 1. The maximum Gasteiger partial charge on any atom is 0.273 e. The minimum Gasteiger partial charge on any atom is -0.490 e. The van der Waals surface area contributed by atoms with Gasteiger partial charge in [-0.3, -0.25) is 9.59 Å². The normalized spacial score (nSPS) is 13.9. The number of aromatic nitrogens is 3. The predicted octanol–water partition coefficient (Wildman–Crippen LogP) is 1.94. The monoisotopic (exact) mass is 430 g/mol. The molecule has 32 heavy (non-hydrogen) atoms. The summed E-state index contributed by atoms with van der Waals surface area (Å²) in [4.78, 5) is 26.6. The van der Waals surface area contributed by atoms with Crippen LogP contribution in [0.15, 0.2) is 60.8 Å². The Morgan fingerprint density at radius 3 is 2.66 bits per heavy atom. The first-order valence-corrected chi connectivity index (χ1v) is 10.3. The van der Waals surface area contributed by atoms with E-state index in [-0.39, 0.29) is 24.2 Å². The van der Waals surface area contributed by atoms with E-state index in [1.807, 2.05) is 36.4 Å². The molecule has 1 N–H and O–H groups in total. The first-order chi connectivity index (χ1) is 15.6. The summed E-state index contributed by atoms with van der Waals surface area (Å²) in [6.07, 6.45) is 2.87. The lowest BCUT2D eigenvalue weighted by atomic mass is 10.1. The van der Waals surface area contributed by atoms with Crippen molar-refractivity contribution in [1.29, 1.82) is 5.26 Å². The van der Waals surface area contributed by atoms with Gasteiger partial charge in [-0.05, 0) is 30.3 Å². The summed E-state index contributed by atoms with van der Waals surface area (Å²) in [7, 11) is 0. The Hall–Kier alpha value is -4.19. The number of nitrogens with one attached hydrogen (secondary N) is 1. The number of hydrogen-bond acceptors (Lipinski definition) is 6. The fourth-order valence-electron chi connectivity index (χ4n) is 3.49. The molecule has 0 radical (unpaired) electrons. The fraction of sp³-hybridized carbons (Fsp3) is 0.261. The van der Waals surface area contributed by atoms with Crippen molar-refractivity contribution in [1.82, 2.24) is 25.2 Å². The van der Waals surface area contributed by atoms with Crippen LogP contribution in [0.2, 0.25) is 0 Å². The first kappa shape index (κ1) is 21.1. The van der Waals surface area contributed by atoms with Gasteiger partial charge in [0.2, 0.25) is 5.91 Å². The van der Waals surface area contributed by atoms with Gasteiger partial charge >= 0.3 is 0 Å². The standard InChI is InChI=1S/C23H22N6O3/c24-14-17-5-4-8-20(13-17)32-19-9-11-28(12-10-19)22(30)15-25-23(31)21-16-29(27-26-21)18-6-2-1-3-7-18/h1-8,13,16,19H,9-12,15H2,(H,25,31). The van der Waals surface area contributed by atoms with Crippen molar-refractivity contribution in [3.8, 4) is 17.5 Å². The highest BCUT2D eigenvalue weighted by molar-refractivity contribution is 5.94. The Morgan fingerprint density at radius 2 is 1.91 bits per heavy atom. The van der Waals surface area contributed by atoms with Gasteiger partial charge in [-0.1, -0.05) is 29.5 Å². The van der Waals surface area contributed by atoms with Crippen LogP contribution < -0.4 is 10.1 Å². The Morgan fingerprint density at radius 1 is 1.12 bits per heavy atom. The van der Waals surface area contributed by atoms with Crippen LogP contribution in [-0.4, -0.2) is 57.4 Å². The fourth-order valence-corrected chi connectivity index (χ4v) is 3.49. The van der Waals surface area contributed by atoms with Gasteiger partial charge in [0, 0.05) is 25.9 Å². The number of rotatable bonds is 6. The number of carbonyl (C=O) groups is 2. The third kappa shape index (κ3) is 5.10. The van der Waals surface area contributed by atoms with E-state index in [9.17, 15) is 9.59 Å². The van der Waals surface area contributed by atoms with Crippen molar-refractivity contribution in [2.45, 2.75) is 18.9 Å².